The summed E-state index contributed by atoms with van der Waals surface area (Å²) in [7, 11) is 1.00. The van der Waals surface area contributed by atoms with E-state index in [0.717, 1.165) is 7.11 Å². The second-order valence-corrected chi connectivity index (χ2v) is 3.22. The van der Waals surface area contributed by atoms with Gasteiger partial charge in [0.25, 0.3) is 0 Å². The number of hydrogen-bond acceptors (Lipinski definition) is 4. The lowest BCUT2D eigenvalue weighted by Gasteiger charge is -2.32. The van der Waals surface area contributed by atoms with Gasteiger partial charge in [-0.2, -0.15) is 13.2 Å². The number of rotatable bonds is 0. The minimum absolute atomic E-state index is 0.434. The average molecular weight is 241 g/mol. The Kier molecular flexibility index (Phi) is 3.44. The Morgan fingerprint density at radius 3 is 2.56 bits per heavy atom. The van der Waals surface area contributed by atoms with Gasteiger partial charge in [-0.3, -0.25) is 4.90 Å². The Morgan fingerprint density at radius 1 is 1.56 bits per heavy atom. The summed E-state index contributed by atoms with van der Waals surface area (Å²) < 4.78 is 41.4. The maximum Gasteiger partial charge on any atom is 0.416 e. The summed E-state index contributed by atoms with van der Waals surface area (Å²) in [5.74, 6) is 0. The number of halogens is 3. The Bertz CT molecular complexity index is 315. The molecule has 8 heteroatoms. The van der Waals surface area contributed by atoms with E-state index in [9.17, 15) is 23.1 Å². The molecule has 0 saturated carbocycles. The molecule has 0 aromatic heterocycles. The summed E-state index contributed by atoms with van der Waals surface area (Å²) >= 11 is 0. The quantitative estimate of drug-likeness (QED) is 0.637. The molecule has 1 aliphatic heterocycles. The first kappa shape index (κ1) is 12.8. The topological polar surface area (TPSA) is 70.0 Å². The summed E-state index contributed by atoms with van der Waals surface area (Å²) in [5, 5.41) is 18.3. The third-order valence-electron chi connectivity index (χ3n) is 2.10. The van der Waals surface area contributed by atoms with Crippen molar-refractivity contribution in [2.24, 2.45) is 0 Å². The predicted octanol–water partition coefficient (Wildman–Crippen LogP) is 0.236. The lowest BCUT2D eigenvalue weighted by Crippen LogP contribution is -2.48. The molecule has 16 heavy (non-hydrogen) atoms. The van der Waals surface area contributed by atoms with Gasteiger partial charge in [-0.05, 0) is 0 Å². The van der Waals surface area contributed by atoms with Gasteiger partial charge in [0, 0.05) is 6.20 Å². The van der Waals surface area contributed by atoms with Crippen LogP contribution in [0.1, 0.15) is 0 Å². The van der Waals surface area contributed by atoms with E-state index in [0.29, 0.717) is 11.1 Å². The number of alkyl halides is 3. The molecule has 0 bridgehead atoms. The van der Waals surface area contributed by atoms with Crippen LogP contribution in [0, 0.1) is 0 Å². The second-order valence-electron chi connectivity index (χ2n) is 3.22. The first-order valence-electron chi connectivity index (χ1n) is 4.27. The molecule has 92 valence electrons. The molecule has 0 aromatic rings. The van der Waals surface area contributed by atoms with Crippen LogP contribution in [0.3, 0.4) is 0 Å². The normalized spacial score (nSPS) is 26.4. The lowest BCUT2D eigenvalue weighted by atomic mass is 10.0. The van der Waals surface area contributed by atoms with Crippen molar-refractivity contribution >= 4 is 6.09 Å². The van der Waals surface area contributed by atoms with E-state index in [4.69, 9.17) is 5.11 Å². The maximum atomic E-state index is 12.4. The molecule has 1 heterocycles. The molecule has 5 nitrogen and oxygen atoms in total. The van der Waals surface area contributed by atoms with Crippen molar-refractivity contribution in [2.45, 2.75) is 18.4 Å². The molecular weight excluding hydrogens is 231 g/mol. The van der Waals surface area contributed by atoms with Gasteiger partial charge in [0.05, 0.1) is 19.2 Å². The summed E-state index contributed by atoms with van der Waals surface area (Å²) in [5.41, 5.74) is -1.38. The van der Waals surface area contributed by atoms with Crippen LogP contribution in [0.2, 0.25) is 0 Å². The first-order valence-corrected chi connectivity index (χ1v) is 4.27. The zero-order chi connectivity index (χ0) is 12.5. The number of carbonyl (C=O) groups excluding carboxylic acids is 1. The van der Waals surface area contributed by atoms with Crippen molar-refractivity contribution in [3.63, 3.8) is 0 Å². The highest BCUT2D eigenvalue weighted by Gasteiger charge is 2.44. The predicted molar refractivity (Wildman–Crippen MR) is 45.3 cm³/mol. The number of carbonyl (C=O) groups is 1. The summed E-state index contributed by atoms with van der Waals surface area (Å²) in [6.07, 6.45) is -9.16. The van der Waals surface area contributed by atoms with Gasteiger partial charge in [-0.1, -0.05) is 0 Å². The molecule has 0 fully saturated rings. The molecule has 1 aliphatic rings. The zero-order valence-electron chi connectivity index (χ0n) is 8.23. The second kappa shape index (κ2) is 4.30. The minimum atomic E-state index is -4.81. The monoisotopic (exact) mass is 241 g/mol. The van der Waals surface area contributed by atoms with Gasteiger partial charge in [0.15, 0.2) is 0 Å². The Labute approximate surface area is 88.7 Å². The summed E-state index contributed by atoms with van der Waals surface area (Å²) in [6.45, 7) is -0.451. The van der Waals surface area contributed by atoms with Crippen LogP contribution >= 0.6 is 0 Å². The molecule has 0 unspecified atom stereocenters. The molecule has 0 spiro atoms. The fraction of sp³-hybridized carbons (Fsp3) is 0.625. The first-order chi connectivity index (χ1) is 7.27. The number of nitrogens with zero attached hydrogens (tertiary/aromatic N) is 1. The van der Waals surface area contributed by atoms with Crippen molar-refractivity contribution < 1.29 is 32.9 Å². The zero-order valence-corrected chi connectivity index (χ0v) is 8.23. The highest BCUT2D eigenvalue weighted by atomic mass is 19.4. The van der Waals surface area contributed by atoms with Crippen LogP contribution in [0.5, 0.6) is 0 Å². The van der Waals surface area contributed by atoms with E-state index >= 15 is 0 Å². The molecule has 1 rings (SSSR count). The van der Waals surface area contributed by atoms with E-state index in [1.165, 1.54) is 0 Å². The van der Waals surface area contributed by atoms with Crippen LogP contribution in [0.25, 0.3) is 0 Å². The van der Waals surface area contributed by atoms with Crippen molar-refractivity contribution in [3.8, 4) is 0 Å². The number of ether oxygens (including phenoxy) is 1. The van der Waals surface area contributed by atoms with E-state index in [1.54, 1.807) is 0 Å². The average Bonchev–Trinajstić information content (AvgIpc) is 2.18. The van der Waals surface area contributed by atoms with E-state index in [-0.39, 0.29) is 0 Å². The number of hydrogen-bond donors (Lipinski definition) is 2. The van der Waals surface area contributed by atoms with Gasteiger partial charge >= 0.3 is 12.3 Å². The molecule has 2 N–H and O–H groups in total. The van der Waals surface area contributed by atoms with Crippen molar-refractivity contribution in [3.05, 3.63) is 11.8 Å². The van der Waals surface area contributed by atoms with Gasteiger partial charge < -0.3 is 14.9 Å². The van der Waals surface area contributed by atoms with Crippen molar-refractivity contribution in [1.29, 1.82) is 0 Å². The van der Waals surface area contributed by atoms with Crippen molar-refractivity contribution in [2.75, 3.05) is 13.7 Å². The van der Waals surface area contributed by atoms with E-state index in [1.807, 2.05) is 0 Å². The standard InChI is InChI=1S/C8H10F3NO4/c1-16-7(15)12-2-4(8(9,10)11)6(14)5(13)3-12/h2,5-6,13-14H,3H2,1H3/t5-,6-/m1/s1. The molecule has 0 saturated heterocycles. The fourth-order valence-electron chi connectivity index (χ4n) is 1.29. The highest BCUT2D eigenvalue weighted by molar-refractivity contribution is 5.69. The SMILES string of the molecule is COC(=O)N1C=C(C(F)(F)F)[C@@H](O)[C@H](O)C1. The van der Waals surface area contributed by atoms with Crippen LogP contribution in [0.4, 0.5) is 18.0 Å². The van der Waals surface area contributed by atoms with Gasteiger partial charge in [-0.25, -0.2) is 4.79 Å². The Morgan fingerprint density at radius 2 is 2.12 bits per heavy atom. The van der Waals surface area contributed by atoms with Gasteiger partial charge in [-0.15, -0.1) is 0 Å². The number of aliphatic hydroxyl groups is 2. The third-order valence-corrected chi connectivity index (χ3v) is 2.10. The van der Waals surface area contributed by atoms with Crippen LogP contribution in [-0.4, -0.2) is 53.2 Å². The van der Waals surface area contributed by atoms with Gasteiger partial charge in [0.1, 0.15) is 12.2 Å². The molecule has 0 radical (unpaired) electrons. The van der Waals surface area contributed by atoms with E-state index in [2.05, 4.69) is 4.74 Å². The van der Waals surface area contributed by atoms with Crippen molar-refractivity contribution in [1.82, 2.24) is 4.90 Å². The Balaban J connectivity index is 3.02. The van der Waals surface area contributed by atoms with Crippen LogP contribution < -0.4 is 0 Å². The molecule has 0 aliphatic carbocycles. The molecule has 1 amide bonds. The molecule has 0 aromatic carbocycles. The largest absolute Gasteiger partial charge is 0.452 e. The third kappa shape index (κ3) is 2.45. The smallest absolute Gasteiger partial charge is 0.416 e. The molecule has 2 atom stereocenters. The fourth-order valence-corrected chi connectivity index (χ4v) is 1.29. The summed E-state index contributed by atoms with van der Waals surface area (Å²) in [4.78, 5) is 11.5. The number of β-amino-alcohol motifs (C(OH)–C–C–N with tert-alkyl or cyclic N) is 1. The number of aliphatic hydroxyl groups excluding tert-OH is 2. The number of amides is 1. The Hall–Kier alpha value is -1.28. The lowest BCUT2D eigenvalue weighted by molar-refractivity contribution is -0.121. The summed E-state index contributed by atoms with van der Waals surface area (Å²) in [6, 6.07) is 0. The van der Waals surface area contributed by atoms with Gasteiger partial charge in [0.2, 0.25) is 0 Å². The highest BCUT2D eigenvalue weighted by Crippen LogP contribution is 2.32. The maximum absolute atomic E-state index is 12.4. The number of methoxy groups -OCH3 is 1. The van der Waals surface area contributed by atoms with Crippen LogP contribution in [0.15, 0.2) is 11.8 Å². The van der Waals surface area contributed by atoms with E-state index < -0.39 is 36.6 Å². The minimum Gasteiger partial charge on any atom is -0.452 e. The van der Waals surface area contributed by atoms with Crippen LogP contribution in [-0.2, 0) is 4.74 Å². The molecular formula is C8H10F3NO4.